The zero-order valence-electron chi connectivity index (χ0n) is 16.2. The van der Waals surface area contributed by atoms with Gasteiger partial charge in [-0.1, -0.05) is 0 Å². The number of carboxylic acids is 1. The molecule has 5 N–H and O–H groups in total. The Kier molecular flexibility index (Phi) is 12.2. The molecule has 0 unspecified atom stereocenters. The summed E-state index contributed by atoms with van der Waals surface area (Å²) in [6, 6.07) is 7.42. The molecule has 2 aromatic carbocycles. The molecule has 0 heterocycles. The van der Waals surface area contributed by atoms with Gasteiger partial charge in [0.25, 0.3) is 0 Å². The molecule has 0 aromatic heterocycles. The number of hydrogen-bond acceptors (Lipinski definition) is 4. The van der Waals surface area contributed by atoms with Gasteiger partial charge >= 0.3 is 24.8 Å². The van der Waals surface area contributed by atoms with Gasteiger partial charge in [-0.25, -0.2) is 0 Å². The first-order chi connectivity index (χ1) is 13.2. The number of halogens is 4. The number of nitrogens with zero attached hydrogens (tertiary/aromatic N) is 1. The number of guanidine groups is 1. The fraction of sp³-hybridized carbons (Fsp3) is 0.176. The first-order valence-corrected chi connectivity index (χ1v) is 12.0. The summed E-state index contributed by atoms with van der Waals surface area (Å²) in [5.74, 6) is 1.30. The average Bonchev–Trinajstić information content (AvgIpc) is 2.56. The summed E-state index contributed by atoms with van der Waals surface area (Å²) in [7, 11) is 0. The Morgan fingerprint density at radius 3 is 2.00 bits per heavy atom. The third-order valence-electron chi connectivity index (χ3n) is 3.24. The van der Waals surface area contributed by atoms with E-state index in [9.17, 15) is 4.79 Å². The topological polar surface area (TPSA) is 120 Å². The summed E-state index contributed by atoms with van der Waals surface area (Å²) in [6.45, 7) is 0.747. The molecule has 0 aliphatic carbocycles. The van der Waals surface area contributed by atoms with Crippen LogP contribution in [0, 0.1) is 14.3 Å². The van der Waals surface area contributed by atoms with Crippen molar-refractivity contribution in [2.24, 2.45) is 16.5 Å². The molecule has 0 aliphatic rings. The van der Waals surface area contributed by atoms with Crippen molar-refractivity contribution in [3.63, 3.8) is 0 Å². The molecule has 152 valence electrons. The van der Waals surface area contributed by atoms with Crippen molar-refractivity contribution < 1.29 is 39.7 Å². The first-order valence-electron chi connectivity index (χ1n) is 7.72. The molecule has 12 heteroatoms. The van der Waals surface area contributed by atoms with Crippen LogP contribution in [-0.2, 0) is 11.2 Å². The summed E-state index contributed by atoms with van der Waals surface area (Å²) in [5.41, 5.74) is 11.3. The van der Waals surface area contributed by atoms with E-state index in [2.05, 4.69) is 95.4 Å². The molecular formula is C17H16I4LiN3O4. The number of aliphatic carboxylic acids is 1. The van der Waals surface area contributed by atoms with Crippen LogP contribution in [-0.4, -0.2) is 30.2 Å². The molecule has 29 heavy (non-hydrogen) atoms. The van der Waals surface area contributed by atoms with E-state index in [0.29, 0.717) is 24.7 Å². The molecule has 0 aliphatic heterocycles. The van der Waals surface area contributed by atoms with E-state index in [1.54, 1.807) is 0 Å². The maximum Gasteiger partial charge on any atom is 1.00 e. The Bertz CT molecular complexity index is 884. The van der Waals surface area contributed by atoms with Crippen molar-refractivity contribution in [3.05, 3.63) is 44.1 Å². The van der Waals surface area contributed by atoms with Crippen LogP contribution in [0.2, 0.25) is 0 Å². The number of hydrogen-bond donors (Lipinski definition) is 3. The fourth-order valence-electron chi connectivity index (χ4n) is 2.16. The number of nitrogens with two attached hydrogens (primary N) is 2. The molecule has 0 spiro atoms. The van der Waals surface area contributed by atoms with E-state index in [4.69, 9.17) is 26.0 Å². The van der Waals surface area contributed by atoms with Gasteiger partial charge in [0, 0.05) is 0 Å². The molecule has 0 amide bonds. The van der Waals surface area contributed by atoms with E-state index in [-0.39, 0.29) is 32.7 Å². The van der Waals surface area contributed by atoms with Crippen molar-refractivity contribution in [3.8, 4) is 17.2 Å². The second-order valence-corrected chi connectivity index (χ2v) is 10.1. The minimum Gasteiger partial charge on any atom is -1.00 e. The summed E-state index contributed by atoms with van der Waals surface area (Å²) < 4.78 is 15.4. The Hall–Kier alpha value is 0.297. The van der Waals surface area contributed by atoms with E-state index in [0.717, 1.165) is 25.6 Å². The first kappa shape index (κ1) is 27.3. The van der Waals surface area contributed by atoms with Crippen molar-refractivity contribution in [2.45, 2.75) is 6.42 Å². The SMILES string of the molecule is NC(N)=NCCOc1c(I)cc(Oc2c(I)cc(CC(=O)O)cc2I)cc1I.[H-].[Li+]. The van der Waals surface area contributed by atoms with Crippen LogP contribution in [0.5, 0.6) is 17.2 Å². The van der Waals surface area contributed by atoms with Gasteiger partial charge in [0.1, 0.15) is 18.1 Å². The molecule has 0 saturated heterocycles. The third kappa shape index (κ3) is 8.75. The Labute approximate surface area is 236 Å². The van der Waals surface area contributed by atoms with E-state index in [1.807, 2.05) is 24.3 Å². The van der Waals surface area contributed by atoms with E-state index < -0.39 is 5.97 Å². The number of carboxylic acid groups (broad SMARTS) is 1. The summed E-state index contributed by atoms with van der Waals surface area (Å²) in [5, 5.41) is 8.98. The molecule has 0 bridgehead atoms. The molecular weight excluding hydrogens is 825 g/mol. The quantitative estimate of drug-likeness (QED) is 0.121. The van der Waals surface area contributed by atoms with Gasteiger partial charge in [0.05, 0.1) is 27.2 Å². The monoisotopic (exact) mass is 841 g/mol. The normalized spacial score (nSPS) is 10.1. The molecule has 2 aromatic rings. The number of rotatable bonds is 8. The van der Waals surface area contributed by atoms with Crippen LogP contribution in [0.3, 0.4) is 0 Å². The van der Waals surface area contributed by atoms with Crippen LogP contribution >= 0.6 is 90.4 Å². The van der Waals surface area contributed by atoms with Gasteiger partial charge in [0.15, 0.2) is 11.7 Å². The second-order valence-electron chi connectivity index (χ2n) is 5.43. The largest absolute Gasteiger partial charge is 1.00 e. The number of ether oxygens (including phenoxy) is 2. The minimum absolute atomic E-state index is 0. The van der Waals surface area contributed by atoms with Crippen LogP contribution in [0.1, 0.15) is 6.99 Å². The van der Waals surface area contributed by atoms with Crippen LogP contribution in [0.15, 0.2) is 29.3 Å². The summed E-state index contributed by atoms with van der Waals surface area (Å²) >= 11 is 8.69. The smallest absolute Gasteiger partial charge is 1.00 e. The maximum absolute atomic E-state index is 10.9. The predicted molar refractivity (Wildman–Crippen MR) is 142 cm³/mol. The van der Waals surface area contributed by atoms with Crippen molar-refractivity contribution in [1.29, 1.82) is 0 Å². The fourth-order valence-corrected chi connectivity index (χ4v) is 6.30. The molecule has 0 saturated carbocycles. The maximum atomic E-state index is 10.9. The number of benzene rings is 2. The van der Waals surface area contributed by atoms with Crippen molar-refractivity contribution in [2.75, 3.05) is 13.2 Å². The van der Waals surface area contributed by atoms with Gasteiger partial charge < -0.3 is 27.5 Å². The van der Waals surface area contributed by atoms with E-state index in [1.165, 1.54) is 0 Å². The molecule has 0 fully saturated rings. The zero-order valence-corrected chi connectivity index (χ0v) is 23.8. The van der Waals surface area contributed by atoms with Crippen molar-refractivity contribution in [1.82, 2.24) is 0 Å². The van der Waals surface area contributed by atoms with Gasteiger partial charge in [-0.3, -0.25) is 9.79 Å². The molecule has 7 nitrogen and oxygen atoms in total. The second kappa shape index (κ2) is 13.0. The van der Waals surface area contributed by atoms with Gasteiger partial charge in [-0.05, 0) is 120 Å². The van der Waals surface area contributed by atoms with Crippen LogP contribution in [0.25, 0.3) is 0 Å². The van der Waals surface area contributed by atoms with Gasteiger partial charge in [-0.15, -0.1) is 0 Å². The Balaban J connectivity index is 0.00000420. The van der Waals surface area contributed by atoms with Crippen LogP contribution < -0.4 is 39.8 Å². The van der Waals surface area contributed by atoms with E-state index >= 15 is 0 Å². The Morgan fingerprint density at radius 1 is 1.00 bits per heavy atom. The Morgan fingerprint density at radius 2 is 1.52 bits per heavy atom. The summed E-state index contributed by atoms with van der Waals surface area (Å²) in [4.78, 5) is 14.8. The molecule has 0 radical (unpaired) electrons. The van der Waals surface area contributed by atoms with Gasteiger partial charge in [0.2, 0.25) is 0 Å². The molecule has 0 atom stereocenters. The van der Waals surface area contributed by atoms with Gasteiger partial charge in [-0.2, -0.15) is 0 Å². The zero-order chi connectivity index (χ0) is 20.8. The standard InChI is InChI=1S/C17H15I4N3O4.Li.H/c18-10-3-8(5-14(25)26)4-11(19)16(10)28-9-6-12(20)15(13(21)7-9)27-2-1-24-17(22)23;;/h3-4,6-7H,1-2,5H2,(H,25,26)(H4,22,23,24);;/q;+1;-1. The minimum atomic E-state index is -0.861. The third-order valence-corrected chi connectivity index (χ3v) is 6.44. The molecule has 2 rings (SSSR count). The number of carbonyl (C=O) groups is 1. The van der Waals surface area contributed by atoms with Crippen LogP contribution in [0.4, 0.5) is 0 Å². The van der Waals surface area contributed by atoms with Crippen molar-refractivity contribution >= 4 is 102 Å². The average molecular weight is 841 g/mol. The predicted octanol–water partition coefficient (Wildman–Crippen LogP) is 1.29. The summed E-state index contributed by atoms with van der Waals surface area (Å²) in [6.07, 6.45) is -0.0199. The number of aliphatic imine (C=N–C) groups is 1.